The van der Waals surface area contributed by atoms with Crippen LogP contribution in [0.4, 0.5) is 17.1 Å². The number of nitrogens with zero attached hydrogens (tertiary/aromatic N) is 3. The lowest BCUT2D eigenvalue weighted by Gasteiger charge is -2.13. The minimum absolute atomic E-state index is 0.0364. The maximum absolute atomic E-state index is 12.6. The molecule has 0 aromatic heterocycles. The third kappa shape index (κ3) is 6.43. The van der Waals surface area contributed by atoms with Crippen molar-refractivity contribution in [2.24, 2.45) is 0 Å². The van der Waals surface area contributed by atoms with E-state index in [1.807, 2.05) is 6.07 Å². The number of rotatable bonds is 9. The summed E-state index contributed by atoms with van der Waals surface area (Å²) in [4.78, 5) is 33.4. The maximum Gasteiger partial charge on any atom is 0.271 e. The van der Waals surface area contributed by atoms with Gasteiger partial charge in [0.05, 0.1) is 17.0 Å². The summed E-state index contributed by atoms with van der Waals surface area (Å²) in [7, 11) is 1.41. The van der Waals surface area contributed by atoms with Crippen LogP contribution >= 0.6 is 15.9 Å². The molecule has 0 spiro atoms. The summed E-state index contributed by atoms with van der Waals surface area (Å²) in [6.45, 7) is 0.0364. The fraction of sp³-hybridized carbons (Fsp3) is 0.0833. The van der Waals surface area contributed by atoms with Gasteiger partial charge < -0.3 is 14.8 Å². The number of hydrogen-bond acceptors (Lipinski definition) is 8. The summed E-state index contributed by atoms with van der Waals surface area (Å²) in [5.41, 5.74) is 0.656. The molecule has 0 aliphatic carbocycles. The van der Waals surface area contributed by atoms with Gasteiger partial charge in [-0.3, -0.25) is 25.0 Å². The van der Waals surface area contributed by atoms with E-state index in [4.69, 9.17) is 9.47 Å². The Hall–Kier alpha value is -4.76. The second-order valence-electron chi connectivity index (χ2n) is 7.17. The molecule has 0 aliphatic heterocycles. The molecule has 0 aliphatic rings. The van der Waals surface area contributed by atoms with Gasteiger partial charge in [-0.1, -0.05) is 34.1 Å². The normalized spacial score (nSPS) is 10.8. The van der Waals surface area contributed by atoms with Crippen molar-refractivity contribution < 1.29 is 24.1 Å². The number of hydrogen-bond donors (Lipinski definition) is 1. The van der Waals surface area contributed by atoms with Crippen LogP contribution in [-0.4, -0.2) is 22.9 Å². The van der Waals surface area contributed by atoms with Crippen LogP contribution in [0, 0.1) is 31.6 Å². The van der Waals surface area contributed by atoms with Gasteiger partial charge >= 0.3 is 0 Å². The molecule has 0 radical (unpaired) electrons. The summed E-state index contributed by atoms with van der Waals surface area (Å²) in [5.74, 6) is -0.131. The topological polar surface area (TPSA) is 158 Å². The van der Waals surface area contributed by atoms with Crippen LogP contribution in [0.2, 0.25) is 0 Å². The number of nitriles is 1. The number of halogens is 1. The molecule has 0 unspecified atom stereocenters. The monoisotopic (exact) mass is 552 g/mol. The number of amides is 1. The number of carbonyl (C=O) groups is 1. The van der Waals surface area contributed by atoms with E-state index < -0.39 is 15.8 Å². The SMILES string of the molecule is COc1cc(/C=C(\C#N)C(=O)Nc2cccc([N+](=O)[O-])c2)c(Br)cc1OCc1cccc([N+](=O)[O-])c1. The average Bonchev–Trinajstić information content (AvgIpc) is 2.87. The van der Waals surface area contributed by atoms with Gasteiger partial charge in [0.25, 0.3) is 17.3 Å². The van der Waals surface area contributed by atoms with Crippen LogP contribution in [-0.2, 0) is 11.4 Å². The van der Waals surface area contributed by atoms with Crippen molar-refractivity contribution in [3.05, 3.63) is 102 Å². The molecular formula is C24H17BrN4O7. The van der Waals surface area contributed by atoms with Crippen molar-refractivity contribution >= 4 is 45.0 Å². The Morgan fingerprint density at radius 3 is 2.36 bits per heavy atom. The zero-order valence-corrected chi connectivity index (χ0v) is 20.2. The number of nitro groups is 2. The Morgan fingerprint density at radius 2 is 1.72 bits per heavy atom. The number of ether oxygens (including phenoxy) is 2. The van der Waals surface area contributed by atoms with Gasteiger partial charge in [-0.15, -0.1) is 0 Å². The van der Waals surface area contributed by atoms with Gasteiger partial charge in [0.1, 0.15) is 18.2 Å². The lowest BCUT2D eigenvalue weighted by Crippen LogP contribution is -2.13. The van der Waals surface area contributed by atoms with Crippen molar-refractivity contribution in [3.8, 4) is 17.6 Å². The number of methoxy groups -OCH3 is 1. The molecule has 0 saturated heterocycles. The number of benzene rings is 3. The molecule has 0 heterocycles. The fourth-order valence-electron chi connectivity index (χ4n) is 3.05. The third-order valence-corrected chi connectivity index (χ3v) is 5.47. The van der Waals surface area contributed by atoms with E-state index in [2.05, 4.69) is 21.2 Å². The molecule has 1 amide bonds. The zero-order valence-electron chi connectivity index (χ0n) is 18.6. The second-order valence-corrected chi connectivity index (χ2v) is 8.03. The fourth-order valence-corrected chi connectivity index (χ4v) is 3.49. The van der Waals surface area contributed by atoms with E-state index in [9.17, 15) is 30.3 Å². The highest BCUT2D eigenvalue weighted by Crippen LogP contribution is 2.35. The lowest BCUT2D eigenvalue weighted by molar-refractivity contribution is -0.385. The van der Waals surface area contributed by atoms with Gasteiger partial charge in [0.2, 0.25) is 0 Å². The molecule has 36 heavy (non-hydrogen) atoms. The second kappa shape index (κ2) is 11.6. The minimum atomic E-state index is -0.755. The summed E-state index contributed by atoms with van der Waals surface area (Å²) >= 11 is 3.38. The van der Waals surface area contributed by atoms with Crippen LogP contribution in [0.1, 0.15) is 11.1 Å². The molecule has 0 atom stereocenters. The predicted octanol–water partition coefficient (Wildman–Crippen LogP) is 5.40. The molecule has 3 aromatic carbocycles. The van der Waals surface area contributed by atoms with Crippen LogP contribution in [0.5, 0.6) is 11.5 Å². The summed E-state index contributed by atoms with van der Waals surface area (Å²) in [6.07, 6.45) is 1.32. The van der Waals surface area contributed by atoms with E-state index in [1.165, 1.54) is 49.6 Å². The van der Waals surface area contributed by atoms with Crippen molar-refractivity contribution in [1.82, 2.24) is 0 Å². The number of anilines is 1. The summed E-state index contributed by atoms with van der Waals surface area (Å²) in [5, 5.41) is 33.9. The first-order chi connectivity index (χ1) is 17.2. The predicted molar refractivity (Wildman–Crippen MR) is 133 cm³/mol. The van der Waals surface area contributed by atoms with Crippen molar-refractivity contribution in [3.63, 3.8) is 0 Å². The highest BCUT2D eigenvalue weighted by atomic mass is 79.9. The van der Waals surface area contributed by atoms with Gasteiger partial charge in [-0.05, 0) is 35.4 Å². The van der Waals surface area contributed by atoms with E-state index in [-0.39, 0.29) is 29.2 Å². The molecule has 0 saturated carbocycles. The van der Waals surface area contributed by atoms with Crippen LogP contribution < -0.4 is 14.8 Å². The zero-order chi connectivity index (χ0) is 26.2. The molecule has 0 fully saturated rings. The smallest absolute Gasteiger partial charge is 0.271 e. The highest BCUT2D eigenvalue weighted by molar-refractivity contribution is 9.10. The van der Waals surface area contributed by atoms with Crippen molar-refractivity contribution in [1.29, 1.82) is 5.26 Å². The van der Waals surface area contributed by atoms with Crippen molar-refractivity contribution in [2.45, 2.75) is 6.61 Å². The lowest BCUT2D eigenvalue weighted by atomic mass is 10.1. The molecule has 12 heteroatoms. The molecule has 3 aromatic rings. The van der Waals surface area contributed by atoms with E-state index in [0.717, 1.165) is 0 Å². The van der Waals surface area contributed by atoms with Crippen LogP contribution in [0.25, 0.3) is 6.08 Å². The number of nitrogens with one attached hydrogen (secondary N) is 1. The number of non-ortho nitro benzene ring substituents is 2. The standard InChI is InChI=1S/C24H17BrN4O7/c1-35-22-10-16(9-17(13-26)24(30)27-18-5-3-7-20(11-18)29(33)34)21(25)12-23(22)36-14-15-4-2-6-19(8-15)28(31)32/h2-12H,14H2,1H3,(H,27,30)/b17-9+. The minimum Gasteiger partial charge on any atom is -0.493 e. The van der Waals surface area contributed by atoms with Crippen LogP contribution in [0.3, 0.4) is 0 Å². The Bertz CT molecular complexity index is 1420. The Labute approximate surface area is 213 Å². The first-order valence-corrected chi connectivity index (χ1v) is 10.9. The highest BCUT2D eigenvalue weighted by Gasteiger charge is 2.15. The average molecular weight is 553 g/mol. The van der Waals surface area contributed by atoms with Gasteiger partial charge in [0, 0.05) is 34.4 Å². The van der Waals surface area contributed by atoms with Gasteiger partial charge in [-0.2, -0.15) is 5.26 Å². The van der Waals surface area contributed by atoms with Gasteiger partial charge in [0.15, 0.2) is 11.5 Å². The van der Waals surface area contributed by atoms with Crippen LogP contribution in [0.15, 0.2) is 70.7 Å². The Balaban J connectivity index is 1.82. The molecular weight excluding hydrogens is 536 g/mol. The Kier molecular flexibility index (Phi) is 8.32. The first kappa shape index (κ1) is 25.9. The van der Waals surface area contributed by atoms with Crippen molar-refractivity contribution in [2.75, 3.05) is 12.4 Å². The Morgan fingerprint density at radius 1 is 1.06 bits per heavy atom. The van der Waals surface area contributed by atoms with Gasteiger partial charge in [-0.25, -0.2) is 0 Å². The van der Waals surface area contributed by atoms with E-state index >= 15 is 0 Å². The third-order valence-electron chi connectivity index (χ3n) is 4.78. The van der Waals surface area contributed by atoms with E-state index in [1.54, 1.807) is 24.3 Å². The van der Waals surface area contributed by atoms with E-state index in [0.29, 0.717) is 27.1 Å². The molecule has 3 rings (SSSR count). The quantitative estimate of drug-likeness (QED) is 0.160. The first-order valence-electron chi connectivity index (χ1n) is 10.1. The number of carbonyl (C=O) groups excluding carboxylic acids is 1. The maximum atomic E-state index is 12.6. The largest absolute Gasteiger partial charge is 0.493 e. The summed E-state index contributed by atoms with van der Waals surface area (Å²) in [6, 6.07) is 16.3. The number of nitro benzene ring substituents is 2. The molecule has 1 N–H and O–H groups in total. The summed E-state index contributed by atoms with van der Waals surface area (Å²) < 4.78 is 11.6. The molecule has 0 bridgehead atoms. The molecule has 11 nitrogen and oxygen atoms in total. The molecule has 182 valence electrons.